The maximum absolute atomic E-state index is 8.89. The van der Waals surface area contributed by atoms with Crippen LogP contribution in [0.2, 0.25) is 0 Å². The van der Waals surface area contributed by atoms with E-state index < -0.39 is 5.41 Å². The molecule has 0 bridgehead atoms. The van der Waals surface area contributed by atoms with E-state index >= 15 is 0 Å². The first-order valence-electron chi connectivity index (χ1n) is 4.72. The second-order valence-corrected chi connectivity index (χ2v) is 3.72. The number of nitriles is 2. The number of benzene rings is 1. The lowest BCUT2D eigenvalue weighted by Crippen LogP contribution is -1.95. The van der Waals surface area contributed by atoms with Crippen molar-refractivity contribution in [3.05, 3.63) is 29.8 Å². The quantitative estimate of drug-likeness (QED) is 0.732. The summed E-state index contributed by atoms with van der Waals surface area (Å²) in [5.41, 5.74) is 0.258. The van der Waals surface area contributed by atoms with Crippen LogP contribution in [0.25, 0.3) is 0 Å². The van der Waals surface area contributed by atoms with Crippen molar-refractivity contribution in [2.75, 3.05) is 7.11 Å². The van der Waals surface area contributed by atoms with Gasteiger partial charge >= 0.3 is 0 Å². The van der Waals surface area contributed by atoms with Gasteiger partial charge in [0.15, 0.2) is 5.41 Å². The average molecular weight is 198 g/mol. The van der Waals surface area contributed by atoms with Gasteiger partial charge in [0.1, 0.15) is 5.75 Å². The van der Waals surface area contributed by atoms with Crippen LogP contribution in [0.3, 0.4) is 0 Å². The zero-order valence-corrected chi connectivity index (χ0v) is 8.40. The van der Waals surface area contributed by atoms with Crippen LogP contribution >= 0.6 is 0 Å². The molecule has 1 aromatic carbocycles. The number of methoxy groups -OCH3 is 1. The number of rotatable bonds is 2. The summed E-state index contributed by atoms with van der Waals surface area (Å²) in [6.07, 6.45) is 0.645. The molecule has 0 saturated heterocycles. The summed E-state index contributed by atoms with van der Waals surface area (Å²) in [6.45, 7) is 0. The molecule has 3 heteroatoms. The van der Waals surface area contributed by atoms with Gasteiger partial charge in [0.2, 0.25) is 0 Å². The Morgan fingerprint density at radius 2 is 1.87 bits per heavy atom. The summed E-state index contributed by atoms with van der Waals surface area (Å²) in [6, 6.07) is 11.7. The Balaban J connectivity index is 2.21. The van der Waals surface area contributed by atoms with E-state index in [2.05, 4.69) is 12.1 Å². The highest BCUT2D eigenvalue weighted by Gasteiger charge is 2.56. The summed E-state index contributed by atoms with van der Waals surface area (Å²) in [4.78, 5) is 0. The van der Waals surface area contributed by atoms with Gasteiger partial charge in [-0.3, -0.25) is 0 Å². The van der Waals surface area contributed by atoms with Crippen molar-refractivity contribution in [2.24, 2.45) is 5.41 Å². The van der Waals surface area contributed by atoms with Gasteiger partial charge in [-0.05, 0) is 24.1 Å². The molecule has 1 aromatic rings. The van der Waals surface area contributed by atoms with Crippen LogP contribution in [0.5, 0.6) is 5.75 Å². The Labute approximate surface area is 88.5 Å². The molecule has 0 unspecified atom stereocenters. The van der Waals surface area contributed by atoms with Gasteiger partial charge in [-0.25, -0.2) is 0 Å². The zero-order chi connectivity index (χ0) is 10.9. The molecule has 0 heterocycles. The third-order valence-electron chi connectivity index (χ3n) is 2.88. The minimum Gasteiger partial charge on any atom is -0.497 e. The highest BCUT2D eigenvalue weighted by molar-refractivity contribution is 5.42. The van der Waals surface area contributed by atoms with Crippen molar-refractivity contribution in [1.29, 1.82) is 10.5 Å². The van der Waals surface area contributed by atoms with Crippen molar-refractivity contribution in [3.8, 4) is 17.9 Å². The van der Waals surface area contributed by atoms with E-state index in [4.69, 9.17) is 15.3 Å². The summed E-state index contributed by atoms with van der Waals surface area (Å²) < 4.78 is 5.04. The highest BCUT2D eigenvalue weighted by Crippen LogP contribution is 2.58. The van der Waals surface area contributed by atoms with Crippen LogP contribution in [-0.4, -0.2) is 7.11 Å². The lowest BCUT2D eigenvalue weighted by Gasteiger charge is -2.02. The van der Waals surface area contributed by atoms with E-state index in [-0.39, 0.29) is 5.92 Å². The first-order chi connectivity index (χ1) is 7.25. The zero-order valence-electron chi connectivity index (χ0n) is 8.40. The van der Waals surface area contributed by atoms with Gasteiger partial charge < -0.3 is 4.74 Å². The molecule has 74 valence electrons. The number of hydrogen-bond donors (Lipinski definition) is 0. The molecule has 0 aliphatic heterocycles. The molecule has 1 fully saturated rings. The Morgan fingerprint density at radius 3 is 2.27 bits per heavy atom. The molecule has 1 saturated carbocycles. The Morgan fingerprint density at radius 1 is 1.27 bits per heavy atom. The maximum atomic E-state index is 8.89. The topological polar surface area (TPSA) is 56.8 Å². The fourth-order valence-electron chi connectivity index (χ4n) is 1.77. The average Bonchev–Trinajstić information content (AvgIpc) is 3.05. The van der Waals surface area contributed by atoms with E-state index in [1.54, 1.807) is 7.11 Å². The van der Waals surface area contributed by atoms with Crippen LogP contribution in [-0.2, 0) is 0 Å². The SMILES string of the molecule is COc1ccc([C@@H]2CC2(C#N)C#N)cc1. The third kappa shape index (κ3) is 1.43. The predicted molar refractivity (Wildman–Crippen MR) is 54.0 cm³/mol. The van der Waals surface area contributed by atoms with Gasteiger partial charge in [0.25, 0.3) is 0 Å². The van der Waals surface area contributed by atoms with Crippen molar-refractivity contribution >= 4 is 0 Å². The first kappa shape index (κ1) is 9.55. The largest absolute Gasteiger partial charge is 0.497 e. The predicted octanol–water partition coefficient (Wildman–Crippen LogP) is 2.22. The smallest absolute Gasteiger partial charge is 0.151 e. The minimum absolute atomic E-state index is 0.0680. The van der Waals surface area contributed by atoms with Crippen molar-refractivity contribution < 1.29 is 4.74 Å². The van der Waals surface area contributed by atoms with Gasteiger partial charge in [-0.15, -0.1) is 0 Å². The fraction of sp³-hybridized carbons (Fsp3) is 0.333. The summed E-state index contributed by atoms with van der Waals surface area (Å²) >= 11 is 0. The van der Waals surface area contributed by atoms with Crippen LogP contribution in [0.15, 0.2) is 24.3 Å². The number of hydrogen-bond acceptors (Lipinski definition) is 3. The van der Waals surface area contributed by atoms with Crippen LogP contribution in [0, 0.1) is 28.1 Å². The first-order valence-corrected chi connectivity index (χ1v) is 4.72. The lowest BCUT2D eigenvalue weighted by molar-refractivity contribution is 0.414. The molecule has 0 N–H and O–H groups in total. The second kappa shape index (κ2) is 3.29. The lowest BCUT2D eigenvalue weighted by atomic mass is 10.0. The normalized spacial score (nSPS) is 21.1. The van der Waals surface area contributed by atoms with Crippen molar-refractivity contribution in [2.45, 2.75) is 12.3 Å². The van der Waals surface area contributed by atoms with Crippen LogP contribution in [0.1, 0.15) is 17.9 Å². The van der Waals surface area contributed by atoms with Gasteiger partial charge in [-0.2, -0.15) is 10.5 Å². The Bertz CT molecular complexity index is 436. The molecule has 1 aliphatic rings. The third-order valence-corrected chi connectivity index (χ3v) is 2.88. The van der Waals surface area contributed by atoms with Crippen molar-refractivity contribution in [3.63, 3.8) is 0 Å². The second-order valence-electron chi connectivity index (χ2n) is 3.72. The molecule has 0 amide bonds. The molecule has 1 aliphatic carbocycles. The molecule has 1 atom stereocenters. The summed E-state index contributed by atoms with van der Waals surface area (Å²) in [7, 11) is 1.61. The number of nitrogens with zero attached hydrogens (tertiary/aromatic N) is 2. The van der Waals surface area contributed by atoms with Crippen LogP contribution < -0.4 is 4.74 Å². The van der Waals surface area contributed by atoms with E-state index in [1.165, 1.54) is 0 Å². The van der Waals surface area contributed by atoms with E-state index in [0.717, 1.165) is 11.3 Å². The molecular formula is C12H10N2O. The highest BCUT2D eigenvalue weighted by atomic mass is 16.5. The van der Waals surface area contributed by atoms with Gasteiger partial charge in [-0.1, -0.05) is 12.1 Å². The van der Waals surface area contributed by atoms with Gasteiger partial charge in [0, 0.05) is 5.92 Å². The monoisotopic (exact) mass is 198 g/mol. The van der Waals surface area contributed by atoms with E-state index in [9.17, 15) is 0 Å². The molecule has 2 rings (SSSR count). The molecule has 15 heavy (non-hydrogen) atoms. The molecule has 0 aromatic heterocycles. The van der Waals surface area contributed by atoms with Crippen molar-refractivity contribution in [1.82, 2.24) is 0 Å². The molecule has 3 nitrogen and oxygen atoms in total. The molecule has 0 spiro atoms. The molecule has 0 radical (unpaired) electrons. The summed E-state index contributed by atoms with van der Waals surface area (Å²) in [5.74, 6) is 0.859. The fourth-order valence-corrected chi connectivity index (χ4v) is 1.77. The summed E-state index contributed by atoms with van der Waals surface area (Å²) in [5, 5.41) is 17.8. The van der Waals surface area contributed by atoms with E-state index in [1.807, 2.05) is 24.3 Å². The van der Waals surface area contributed by atoms with Crippen LogP contribution in [0.4, 0.5) is 0 Å². The number of ether oxygens (including phenoxy) is 1. The Hall–Kier alpha value is -2.00. The van der Waals surface area contributed by atoms with Gasteiger partial charge in [0.05, 0.1) is 19.2 Å². The minimum atomic E-state index is -0.783. The van der Waals surface area contributed by atoms with E-state index in [0.29, 0.717) is 6.42 Å². The maximum Gasteiger partial charge on any atom is 0.151 e. The standard InChI is InChI=1S/C12H10N2O/c1-15-10-4-2-9(3-5-10)11-6-12(11,7-13)8-14/h2-5,11H,6H2,1H3/t11-/m0/s1. The molecular weight excluding hydrogens is 188 g/mol. The Kier molecular flexibility index (Phi) is 2.10.